The van der Waals surface area contributed by atoms with Crippen LogP contribution in [-0.2, 0) is 38.3 Å². The van der Waals surface area contributed by atoms with E-state index in [0.29, 0.717) is 13.0 Å². The first-order valence-corrected chi connectivity index (χ1v) is 18.9. The second kappa shape index (κ2) is 28.5. The fourth-order valence-corrected chi connectivity index (χ4v) is 5.24. The van der Waals surface area contributed by atoms with Gasteiger partial charge in [0.15, 0.2) is 6.29 Å². The quantitative estimate of drug-likeness (QED) is 0.0349. The van der Waals surface area contributed by atoms with E-state index in [4.69, 9.17) is 23.5 Å². The predicted octanol–water partition coefficient (Wildman–Crippen LogP) is 5.45. The van der Waals surface area contributed by atoms with Crippen LogP contribution in [0.1, 0.15) is 97.3 Å². The van der Waals surface area contributed by atoms with Crippen molar-refractivity contribution in [1.82, 2.24) is 0 Å². The molecule has 49 heavy (non-hydrogen) atoms. The van der Waals surface area contributed by atoms with E-state index in [9.17, 15) is 28.5 Å². The second-order valence-electron chi connectivity index (χ2n) is 11.7. The molecule has 0 aromatic heterocycles. The summed E-state index contributed by atoms with van der Waals surface area (Å²) in [5.41, 5.74) is 0. The summed E-state index contributed by atoms with van der Waals surface area (Å²) in [7, 11) is -5.05. The van der Waals surface area contributed by atoms with E-state index in [1.54, 1.807) is 0 Å². The molecule has 4 N–H and O–H groups in total. The molecule has 1 heterocycles. The average molecular weight is 717 g/mol. The second-order valence-corrected chi connectivity index (χ2v) is 12.8. The summed E-state index contributed by atoms with van der Waals surface area (Å²) >= 11 is 0. The summed E-state index contributed by atoms with van der Waals surface area (Å²) in [5, 5.41) is 30.2. The van der Waals surface area contributed by atoms with Crippen molar-refractivity contribution in [2.75, 3.05) is 26.4 Å². The summed E-state index contributed by atoms with van der Waals surface area (Å²) in [6, 6.07) is 0. The van der Waals surface area contributed by atoms with E-state index < -0.39 is 59.8 Å². The first kappa shape index (κ1) is 44.8. The number of hydrogen-bond donors (Lipinski definition) is 4. The van der Waals surface area contributed by atoms with Gasteiger partial charge in [-0.15, -0.1) is 0 Å². The Labute approximate surface area is 293 Å². The lowest BCUT2D eigenvalue weighted by atomic mass is 9.99. The van der Waals surface area contributed by atoms with Gasteiger partial charge in [0, 0.05) is 13.0 Å². The molecule has 6 unspecified atom stereocenters. The summed E-state index contributed by atoms with van der Waals surface area (Å²) in [6.45, 7) is 3.49. The van der Waals surface area contributed by atoms with Crippen molar-refractivity contribution in [3.05, 3.63) is 60.8 Å². The Morgan fingerprint density at radius 3 is 1.96 bits per heavy atom. The highest BCUT2D eigenvalue weighted by Crippen LogP contribution is 2.26. The van der Waals surface area contributed by atoms with Gasteiger partial charge in [0.05, 0.1) is 19.8 Å². The fourth-order valence-electron chi connectivity index (χ4n) is 4.73. The topological polar surface area (TPSA) is 178 Å². The standard InChI is InChI=1S/C36H60O12S/c1-3-5-7-8-9-10-11-12-13-14-15-16-17-18-19-20-21-22-23-24-26-44-28-30(46-32(38)25-6-4-2)29-45-36-34(40)35(48-49(41,42)43)33(39)31(27-37)47-36/h5,7,9-10,12-13,15-16,18-19,30-31,33-37,39-40H,3-4,6,8,11,14,17,20-29H2,1-2H3,(H,41,42,43)/b7-5-,10-9-,13-12-,16-15-,19-18-. The molecule has 13 heteroatoms. The zero-order chi connectivity index (χ0) is 36.2. The lowest BCUT2D eigenvalue weighted by Crippen LogP contribution is -2.60. The molecular formula is C36H60O12S. The minimum atomic E-state index is -5.05. The maximum absolute atomic E-state index is 12.3. The normalized spacial score (nSPS) is 22.8. The van der Waals surface area contributed by atoms with Gasteiger partial charge < -0.3 is 34.3 Å². The Hall–Kier alpha value is -2.20. The highest BCUT2D eigenvalue weighted by atomic mass is 32.3. The first-order valence-electron chi connectivity index (χ1n) is 17.5. The van der Waals surface area contributed by atoms with Crippen molar-refractivity contribution in [2.24, 2.45) is 0 Å². The van der Waals surface area contributed by atoms with Crippen LogP contribution in [0.25, 0.3) is 0 Å². The van der Waals surface area contributed by atoms with E-state index >= 15 is 0 Å². The Morgan fingerprint density at radius 2 is 1.39 bits per heavy atom. The maximum Gasteiger partial charge on any atom is 0.397 e. The molecule has 6 atom stereocenters. The van der Waals surface area contributed by atoms with Gasteiger partial charge in [0.25, 0.3) is 0 Å². The molecule has 0 amide bonds. The third kappa shape index (κ3) is 23.0. The molecule has 1 saturated heterocycles. The molecule has 1 aliphatic heterocycles. The molecule has 1 fully saturated rings. The molecule has 1 aliphatic rings. The van der Waals surface area contributed by atoms with Crippen LogP contribution in [0.5, 0.6) is 0 Å². The molecule has 0 saturated carbocycles. The van der Waals surface area contributed by atoms with Crippen molar-refractivity contribution < 1.29 is 56.2 Å². The van der Waals surface area contributed by atoms with Gasteiger partial charge in [0.1, 0.15) is 30.5 Å². The van der Waals surface area contributed by atoms with E-state index in [1.807, 2.05) is 6.92 Å². The van der Waals surface area contributed by atoms with Gasteiger partial charge >= 0.3 is 16.4 Å². The van der Waals surface area contributed by atoms with E-state index in [0.717, 1.165) is 70.6 Å². The lowest BCUT2D eigenvalue weighted by Gasteiger charge is -2.41. The number of ether oxygens (including phenoxy) is 4. The minimum Gasteiger partial charge on any atom is -0.457 e. The number of aliphatic hydroxyl groups is 3. The molecule has 282 valence electrons. The van der Waals surface area contributed by atoms with Crippen molar-refractivity contribution in [3.8, 4) is 0 Å². The zero-order valence-electron chi connectivity index (χ0n) is 29.2. The van der Waals surface area contributed by atoms with Crippen LogP contribution in [0.3, 0.4) is 0 Å². The molecule has 0 aliphatic carbocycles. The minimum absolute atomic E-state index is 0.0116. The first-order chi connectivity index (χ1) is 23.6. The average Bonchev–Trinajstić information content (AvgIpc) is 3.07. The molecule has 0 aromatic rings. The van der Waals surface area contributed by atoms with Crippen molar-refractivity contribution >= 4 is 16.4 Å². The lowest BCUT2D eigenvalue weighted by molar-refractivity contribution is -0.301. The predicted molar refractivity (Wildman–Crippen MR) is 188 cm³/mol. The van der Waals surface area contributed by atoms with Gasteiger partial charge in [-0.2, -0.15) is 8.42 Å². The molecule has 0 spiro atoms. The number of unbranched alkanes of at least 4 members (excludes halogenated alkanes) is 5. The van der Waals surface area contributed by atoms with E-state index in [-0.39, 0.29) is 19.6 Å². The third-order valence-electron chi connectivity index (χ3n) is 7.40. The van der Waals surface area contributed by atoms with Gasteiger partial charge in [-0.3, -0.25) is 9.35 Å². The Kier molecular flexibility index (Phi) is 26.1. The zero-order valence-corrected chi connectivity index (χ0v) is 30.0. The smallest absolute Gasteiger partial charge is 0.397 e. The largest absolute Gasteiger partial charge is 0.457 e. The SMILES string of the molecule is CC/C=C\C/C=C\C/C=C\C/C=C\C/C=C\CCCCCCOCC(COC1OC(CO)C(O)C(OS(=O)(=O)O)C1O)OC(=O)CCCC. The van der Waals surface area contributed by atoms with Gasteiger partial charge in [-0.05, 0) is 57.8 Å². The molecule has 1 rings (SSSR count). The van der Waals surface area contributed by atoms with Gasteiger partial charge in [0.2, 0.25) is 0 Å². The van der Waals surface area contributed by atoms with Crippen LogP contribution in [0.15, 0.2) is 60.8 Å². The van der Waals surface area contributed by atoms with Gasteiger partial charge in [-0.25, -0.2) is 4.18 Å². The number of hydrogen-bond acceptors (Lipinski definition) is 11. The molecular weight excluding hydrogens is 656 g/mol. The van der Waals surface area contributed by atoms with Crippen LogP contribution >= 0.6 is 0 Å². The molecule has 0 radical (unpaired) electrons. The highest BCUT2D eigenvalue weighted by Gasteiger charge is 2.48. The van der Waals surface area contributed by atoms with E-state index in [1.165, 1.54) is 0 Å². The van der Waals surface area contributed by atoms with Crippen LogP contribution < -0.4 is 0 Å². The fraction of sp³-hybridized carbons (Fsp3) is 0.694. The summed E-state index contributed by atoms with van der Waals surface area (Å²) < 4.78 is 58.0. The van der Waals surface area contributed by atoms with Gasteiger partial charge in [-0.1, -0.05) is 93.9 Å². The van der Waals surface area contributed by atoms with Crippen LogP contribution in [0, 0.1) is 0 Å². The van der Waals surface area contributed by atoms with Crippen LogP contribution in [0.2, 0.25) is 0 Å². The number of carbonyl (C=O) groups is 1. The molecule has 12 nitrogen and oxygen atoms in total. The van der Waals surface area contributed by atoms with E-state index in [2.05, 4.69) is 71.9 Å². The van der Waals surface area contributed by atoms with Crippen LogP contribution in [-0.4, -0.2) is 97.5 Å². The summed E-state index contributed by atoms with van der Waals surface area (Å²) in [6.07, 6.45) is 24.1. The Morgan fingerprint density at radius 1 is 0.796 bits per heavy atom. The Balaban J connectivity index is 2.34. The summed E-state index contributed by atoms with van der Waals surface area (Å²) in [4.78, 5) is 12.3. The number of esters is 1. The number of aliphatic hydroxyl groups excluding tert-OH is 3. The van der Waals surface area contributed by atoms with Crippen molar-refractivity contribution in [1.29, 1.82) is 0 Å². The van der Waals surface area contributed by atoms with Crippen molar-refractivity contribution in [3.63, 3.8) is 0 Å². The number of rotatable bonds is 28. The third-order valence-corrected chi connectivity index (χ3v) is 7.87. The molecule has 0 aromatic carbocycles. The van der Waals surface area contributed by atoms with Crippen molar-refractivity contribution in [2.45, 2.75) is 134 Å². The van der Waals surface area contributed by atoms with Crippen LogP contribution in [0.4, 0.5) is 0 Å². The number of carbonyl (C=O) groups excluding carboxylic acids is 1. The Bertz CT molecular complexity index is 1100. The monoisotopic (exact) mass is 716 g/mol. The highest BCUT2D eigenvalue weighted by molar-refractivity contribution is 7.80. The molecule has 0 bridgehead atoms. The number of allylic oxidation sites excluding steroid dienone is 10. The maximum atomic E-state index is 12.3. The summed E-state index contributed by atoms with van der Waals surface area (Å²) in [5.74, 6) is -0.449.